The number of hydrogen-bond donors (Lipinski definition) is 0. The summed E-state index contributed by atoms with van der Waals surface area (Å²) in [6.07, 6.45) is 3.83. The Kier molecular flexibility index (Phi) is 4.50. The van der Waals surface area contributed by atoms with Crippen LogP contribution in [0.4, 0.5) is 0 Å². The molecule has 0 aromatic carbocycles. The Balaban J connectivity index is 1.85. The maximum Gasteiger partial charge on any atom is 0.169 e. The Morgan fingerprint density at radius 1 is 1.53 bits per heavy atom. The van der Waals surface area contributed by atoms with Gasteiger partial charge in [0.25, 0.3) is 0 Å². The number of ketones is 1. The van der Waals surface area contributed by atoms with Gasteiger partial charge in [-0.2, -0.15) is 0 Å². The molecule has 0 radical (unpaired) electrons. The first kappa shape index (κ1) is 14.0. The molecule has 0 amide bonds. The van der Waals surface area contributed by atoms with E-state index in [1.807, 2.05) is 25.4 Å². The summed E-state index contributed by atoms with van der Waals surface area (Å²) in [5, 5.41) is 2.07. The summed E-state index contributed by atoms with van der Waals surface area (Å²) >= 11 is 1.53. The van der Waals surface area contributed by atoms with Gasteiger partial charge in [0.2, 0.25) is 0 Å². The fourth-order valence-electron chi connectivity index (χ4n) is 1.95. The fraction of sp³-hybridized carbons (Fsp3) is 0.429. The maximum absolute atomic E-state index is 11.2. The number of aryl methyl sites for hydroxylation is 1. The summed E-state index contributed by atoms with van der Waals surface area (Å²) in [7, 11) is 2.09. The Morgan fingerprint density at radius 2 is 2.32 bits per heavy atom. The first-order chi connectivity index (χ1) is 9.06. The van der Waals surface area contributed by atoms with Gasteiger partial charge in [-0.05, 0) is 37.9 Å². The van der Waals surface area contributed by atoms with E-state index >= 15 is 0 Å². The minimum absolute atomic E-state index is 0.146. The van der Waals surface area contributed by atoms with Crippen molar-refractivity contribution in [2.24, 2.45) is 0 Å². The van der Waals surface area contributed by atoms with Crippen LogP contribution < -0.4 is 0 Å². The van der Waals surface area contributed by atoms with Gasteiger partial charge >= 0.3 is 0 Å². The van der Waals surface area contributed by atoms with Crippen LogP contribution in [0.2, 0.25) is 0 Å². The summed E-state index contributed by atoms with van der Waals surface area (Å²) in [6, 6.07) is 1.99. The Bertz CT molecular complexity index is 559. The number of likely N-dealkylation sites (N-methyl/N-ethyl adjacent to an activating group) is 1. The Hall–Kier alpha value is -1.46. The van der Waals surface area contributed by atoms with E-state index in [-0.39, 0.29) is 5.78 Å². The molecule has 2 rings (SSSR count). The molecule has 0 fully saturated rings. The van der Waals surface area contributed by atoms with Crippen LogP contribution in [-0.4, -0.2) is 33.8 Å². The molecule has 2 aromatic heterocycles. The minimum atomic E-state index is 0.146. The first-order valence-electron chi connectivity index (χ1n) is 6.31. The van der Waals surface area contributed by atoms with Gasteiger partial charge in [0.1, 0.15) is 5.82 Å². The maximum atomic E-state index is 11.2. The molecule has 0 aliphatic carbocycles. The van der Waals surface area contributed by atoms with Gasteiger partial charge < -0.3 is 9.47 Å². The molecule has 0 N–H and O–H groups in total. The fourth-order valence-corrected chi connectivity index (χ4v) is 2.76. The predicted octanol–water partition coefficient (Wildman–Crippen LogP) is 2.59. The third kappa shape index (κ3) is 3.75. The Morgan fingerprint density at radius 3 is 2.89 bits per heavy atom. The van der Waals surface area contributed by atoms with Crippen molar-refractivity contribution in [3.8, 4) is 0 Å². The highest BCUT2D eigenvalue weighted by molar-refractivity contribution is 7.12. The number of carbonyl (C=O) groups is 1. The molecule has 2 heterocycles. The van der Waals surface area contributed by atoms with E-state index in [4.69, 9.17) is 0 Å². The lowest BCUT2D eigenvalue weighted by molar-refractivity contribution is 0.102. The minimum Gasteiger partial charge on any atom is -0.334 e. The standard InChI is InChI=1S/C14H19N3OS/c1-11(18)14-8-13(10-19-14)9-16(3)6-7-17-5-4-15-12(17)2/h4-5,8,10H,6-7,9H2,1-3H3. The number of imidazole rings is 1. The summed E-state index contributed by atoms with van der Waals surface area (Å²) in [4.78, 5) is 18.6. The highest BCUT2D eigenvalue weighted by atomic mass is 32.1. The van der Waals surface area contributed by atoms with Crippen molar-refractivity contribution < 1.29 is 4.79 Å². The third-order valence-electron chi connectivity index (χ3n) is 3.10. The topological polar surface area (TPSA) is 38.1 Å². The molecule has 4 nitrogen and oxygen atoms in total. The van der Waals surface area contributed by atoms with Crippen molar-refractivity contribution in [3.63, 3.8) is 0 Å². The lowest BCUT2D eigenvalue weighted by Crippen LogP contribution is -2.22. The van der Waals surface area contributed by atoms with E-state index in [0.717, 1.165) is 30.3 Å². The van der Waals surface area contributed by atoms with Crippen LogP contribution in [0.3, 0.4) is 0 Å². The van der Waals surface area contributed by atoms with Crippen LogP contribution in [0.5, 0.6) is 0 Å². The van der Waals surface area contributed by atoms with Crippen molar-refractivity contribution in [3.05, 3.63) is 40.1 Å². The van der Waals surface area contributed by atoms with Crippen molar-refractivity contribution in [2.75, 3.05) is 13.6 Å². The lowest BCUT2D eigenvalue weighted by Gasteiger charge is -2.16. The van der Waals surface area contributed by atoms with Gasteiger partial charge in [0.05, 0.1) is 4.88 Å². The van der Waals surface area contributed by atoms with E-state index < -0.39 is 0 Å². The van der Waals surface area contributed by atoms with Crippen LogP contribution in [0.1, 0.15) is 28.0 Å². The van der Waals surface area contributed by atoms with Crippen molar-refractivity contribution in [1.29, 1.82) is 0 Å². The normalized spacial score (nSPS) is 11.2. The number of carbonyl (C=O) groups excluding carboxylic acids is 1. The second-order valence-corrected chi connectivity index (χ2v) is 5.69. The Labute approximate surface area is 117 Å². The van der Waals surface area contributed by atoms with E-state index in [9.17, 15) is 4.79 Å². The molecule has 0 saturated heterocycles. The number of hydrogen-bond acceptors (Lipinski definition) is 4. The van der Waals surface area contributed by atoms with Crippen molar-refractivity contribution in [1.82, 2.24) is 14.5 Å². The summed E-state index contributed by atoms with van der Waals surface area (Å²) in [5.41, 5.74) is 1.21. The highest BCUT2D eigenvalue weighted by Crippen LogP contribution is 2.16. The third-order valence-corrected chi connectivity index (χ3v) is 4.18. The molecule has 0 unspecified atom stereocenters. The zero-order valence-electron chi connectivity index (χ0n) is 11.6. The molecule has 102 valence electrons. The number of rotatable bonds is 6. The highest BCUT2D eigenvalue weighted by Gasteiger charge is 2.07. The molecule has 0 saturated carbocycles. The molecule has 2 aromatic rings. The zero-order chi connectivity index (χ0) is 13.8. The number of Topliss-reactive ketones (excluding diaryl/α,β-unsaturated/α-hetero) is 1. The van der Waals surface area contributed by atoms with Gasteiger partial charge in [0.15, 0.2) is 5.78 Å². The lowest BCUT2D eigenvalue weighted by atomic mass is 10.2. The number of aromatic nitrogens is 2. The van der Waals surface area contributed by atoms with Gasteiger partial charge in [-0.25, -0.2) is 4.98 Å². The van der Waals surface area contributed by atoms with E-state index in [1.165, 1.54) is 16.9 Å². The average molecular weight is 277 g/mol. The predicted molar refractivity (Wildman–Crippen MR) is 77.6 cm³/mol. The molecule has 0 atom stereocenters. The summed E-state index contributed by atoms with van der Waals surface area (Å²) < 4.78 is 2.14. The first-order valence-corrected chi connectivity index (χ1v) is 7.19. The summed E-state index contributed by atoms with van der Waals surface area (Å²) in [6.45, 7) is 6.39. The van der Waals surface area contributed by atoms with Crippen LogP contribution in [0.15, 0.2) is 23.8 Å². The molecule has 5 heteroatoms. The second kappa shape index (κ2) is 6.12. The molecule has 19 heavy (non-hydrogen) atoms. The van der Waals surface area contributed by atoms with Crippen LogP contribution in [-0.2, 0) is 13.1 Å². The SMILES string of the molecule is CC(=O)c1cc(CN(C)CCn2ccnc2C)cs1. The van der Waals surface area contributed by atoms with Gasteiger partial charge in [0, 0.05) is 32.0 Å². The van der Waals surface area contributed by atoms with Gasteiger partial charge in [-0.15, -0.1) is 11.3 Å². The van der Waals surface area contributed by atoms with Crippen LogP contribution in [0.25, 0.3) is 0 Å². The largest absolute Gasteiger partial charge is 0.334 e. The average Bonchev–Trinajstić information content (AvgIpc) is 2.96. The molecule has 0 spiro atoms. The van der Waals surface area contributed by atoms with Crippen molar-refractivity contribution >= 4 is 17.1 Å². The smallest absolute Gasteiger partial charge is 0.169 e. The van der Waals surface area contributed by atoms with E-state index in [2.05, 4.69) is 26.9 Å². The van der Waals surface area contributed by atoms with Crippen molar-refractivity contribution in [2.45, 2.75) is 26.9 Å². The second-order valence-electron chi connectivity index (χ2n) is 4.78. The van der Waals surface area contributed by atoms with E-state index in [1.54, 1.807) is 6.92 Å². The molecule has 0 aliphatic rings. The van der Waals surface area contributed by atoms with Gasteiger partial charge in [-0.3, -0.25) is 4.79 Å². The van der Waals surface area contributed by atoms with Crippen LogP contribution >= 0.6 is 11.3 Å². The monoisotopic (exact) mass is 277 g/mol. The van der Waals surface area contributed by atoms with Gasteiger partial charge in [-0.1, -0.05) is 0 Å². The molecule has 0 aliphatic heterocycles. The number of thiophene rings is 1. The van der Waals surface area contributed by atoms with E-state index in [0.29, 0.717) is 0 Å². The zero-order valence-corrected chi connectivity index (χ0v) is 12.4. The molecular formula is C14H19N3OS. The quantitative estimate of drug-likeness (QED) is 0.762. The number of nitrogens with zero attached hydrogens (tertiary/aromatic N) is 3. The molecular weight excluding hydrogens is 258 g/mol. The summed E-state index contributed by atoms with van der Waals surface area (Å²) in [5.74, 6) is 1.19. The molecule has 0 bridgehead atoms. The van der Waals surface area contributed by atoms with Crippen LogP contribution in [0, 0.1) is 6.92 Å².